The molecule has 5 heteroatoms. The van der Waals surface area contributed by atoms with E-state index in [1.165, 1.54) is 5.56 Å². The SMILES string of the molecule is CCC(NCCc1ccncc1)C(N)=NO. The number of hydrogen-bond acceptors (Lipinski definition) is 4. The van der Waals surface area contributed by atoms with Gasteiger partial charge in [0.2, 0.25) is 0 Å². The van der Waals surface area contributed by atoms with Crippen LogP contribution in [0.3, 0.4) is 0 Å². The number of aromatic nitrogens is 1. The van der Waals surface area contributed by atoms with E-state index >= 15 is 0 Å². The van der Waals surface area contributed by atoms with Crippen LogP contribution in [-0.2, 0) is 6.42 Å². The van der Waals surface area contributed by atoms with Gasteiger partial charge in [-0.3, -0.25) is 4.98 Å². The second-order valence-electron chi connectivity index (χ2n) is 3.55. The third-order valence-electron chi connectivity index (χ3n) is 2.43. The lowest BCUT2D eigenvalue weighted by molar-refractivity contribution is 0.314. The van der Waals surface area contributed by atoms with Gasteiger partial charge in [0.1, 0.15) is 0 Å². The molecular formula is C11H18N4O. The smallest absolute Gasteiger partial charge is 0.156 e. The number of oxime groups is 1. The predicted molar refractivity (Wildman–Crippen MR) is 63.4 cm³/mol. The molecule has 1 rings (SSSR count). The van der Waals surface area contributed by atoms with Crippen LogP contribution in [0.15, 0.2) is 29.7 Å². The summed E-state index contributed by atoms with van der Waals surface area (Å²) in [5.74, 6) is 0.234. The van der Waals surface area contributed by atoms with Crippen LogP contribution in [0.25, 0.3) is 0 Å². The Morgan fingerprint density at radius 1 is 1.56 bits per heavy atom. The summed E-state index contributed by atoms with van der Waals surface area (Å²) in [5.41, 5.74) is 6.75. The lowest BCUT2D eigenvalue weighted by Gasteiger charge is -2.14. The molecule has 5 nitrogen and oxygen atoms in total. The summed E-state index contributed by atoms with van der Waals surface area (Å²) in [4.78, 5) is 3.95. The molecule has 0 aromatic carbocycles. The van der Waals surface area contributed by atoms with Crippen molar-refractivity contribution < 1.29 is 5.21 Å². The fraction of sp³-hybridized carbons (Fsp3) is 0.455. The maximum absolute atomic E-state index is 8.57. The first-order chi connectivity index (χ1) is 7.77. The average Bonchev–Trinajstić information content (AvgIpc) is 2.35. The highest BCUT2D eigenvalue weighted by Gasteiger charge is 2.09. The topological polar surface area (TPSA) is 83.5 Å². The van der Waals surface area contributed by atoms with Crippen molar-refractivity contribution in [3.8, 4) is 0 Å². The van der Waals surface area contributed by atoms with Crippen LogP contribution >= 0.6 is 0 Å². The van der Waals surface area contributed by atoms with E-state index in [2.05, 4.69) is 15.5 Å². The number of hydrogen-bond donors (Lipinski definition) is 3. The van der Waals surface area contributed by atoms with Crippen molar-refractivity contribution >= 4 is 5.84 Å². The molecule has 0 aliphatic carbocycles. The standard InChI is InChI=1S/C11H18N4O/c1-2-10(11(12)15-16)14-8-5-9-3-6-13-7-4-9/h3-4,6-7,10,14,16H,2,5,8H2,1H3,(H2,12,15). The number of nitrogens with two attached hydrogens (primary N) is 1. The quantitative estimate of drug-likeness (QED) is 0.287. The molecule has 1 unspecified atom stereocenters. The molecule has 0 radical (unpaired) electrons. The Morgan fingerprint density at radius 3 is 2.81 bits per heavy atom. The van der Waals surface area contributed by atoms with Crippen LogP contribution in [0.4, 0.5) is 0 Å². The molecule has 4 N–H and O–H groups in total. The van der Waals surface area contributed by atoms with Gasteiger partial charge in [-0.15, -0.1) is 0 Å². The molecule has 0 saturated heterocycles. The molecule has 1 aromatic rings. The Morgan fingerprint density at radius 2 is 2.25 bits per heavy atom. The van der Waals surface area contributed by atoms with Crippen molar-refractivity contribution in [2.24, 2.45) is 10.9 Å². The van der Waals surface area contributed by atoms with E-state index in [1.807, 2.05) is 19.1 Å². The molecule has 0 bridgehead atoms. The van der Waals surface area contributed by atoms with Crippen LogP contribution in [0.5, 0.6) is 0 Å². The highest BCUT2D eigenvalue weighted by atomic mass is 16.4. The summed E-state index contributed by atoms with van der Waals surface area (Å²) in [6.07, 6.45) is 5.25. The monoisotopic (exact) mass is 222 g/mol. The van der Waals surface area contributed by atoms with Gasteiger partial charge in [-0.2, -0.15) is 0 Å². The van der Waals surface area contributed by atoms with Gasteiger partial charge in [0.25, 0.3) is 0 Å². The Hall–Kier alpha value is -1.62. The lowest BCUT2D eigenvalue weighted by Crippen LogP contribution is -2.41. The Bertz CT molecular complexity index is 326. The van der Waals surface area contributed by atoms with Gasteiger partial charge in [0, 0.05) is 12.4 Å². The number of nitrogens with zero attached hydrogens (tertiary/aromatic N) is 2. The Labute approximate surface area is 95.4 Å². The largest absolute Gasteiger partial charge is 0.409 e. The third-order valence-corrected chi connectivity index (χ3v) is 2.43. The highest BCUT2D eigenvalue weighted by molar-refractivity contribution is 5.85. The highest BCUT2D eigenvalue weighted by Crippen LogP contribution is 1.97. The minimum atomic E-state index is -0.0631. The molecule has 1 heterocycles. The molecule has 16 heavy (non-hydrogen) atoms. The first-order valence-corrected chi connectivity index (χ1v) is 5.37. The van der Waals surface area contributed by atoms with Crippen molar-refractivity contribution in [1.29, 1.82) is 0 Å². The van der Waals surface area contributed by atoms with E-state index in [0.29, 0.717) is 0 Å². The molecule has 0 aliphatic heterocycles. The van der Waals surface area contributed by atoms with E-state index in [-0.39, 0.29) is 11.9 Å². The normalized spacial score (nSPS) is 13.7. The summed E-state index contributed by atoms with van der Waals surface area (Å²) < 4.78 is 0. The summed E-state index contributed by atoms with van der Waals surface area (Å²) in [6, 6.07) is 3.89. The van der Waals surface area contributed by atoms with E-state index in [4.69, 9.17) is 10.9 Å². The molecule has 0 amide bonds. The van der Waals surface area contributed by atoms with Crippen LogP contribution in [0, 0.1) is 0 Å². The second-order valence-corrected chi connectivity index (χ2v) is 3.55. The lowest BCUT2D eigenvalue weighted by atomic mass is 10.1. The average molecular weight is 222 g/mol. The predicted octanol–water partition coefficient (Wildman–Crippen LogP) is 0.739. The summed E-state index contributed by atoms with van der Waals surface area (Å²) in [5, 5.41) is 14.8. The molecular weight excluding hydrogens is 204 g/mol. The van der Waals surface area contributed by atoms with Crippen LogP contribution < -0.4 is 11.1 Å². The fourth-order valence-electron chi connectivity index (χ4n) is 1.47. The fourth-order valence-corrected chi connectivity index (χ4v) is 1.47. The van der Waals surface area contributed by atoms with Crippen molar-refractivity contribution in [2.75, 3.05) is 6.54 Å². The molecule has 0 fully saturated rings. The first kappa shape index (κ1) is 12.4. The van der Waals surface area contributed by atoms with Crippen molar-refractivity contribution in [1.82, 2.24) is 10.3 Å². The van der Waals surface area contributed by atoms with E-state index in [9.17, 15) is 0 Å². The van der Waals surface area contributed by atoms with Crippen LogP contribution in [0.1, 0.15) is 18.9 Å². The first-order valence-electron chi connectivity index (χ1n) is 5.37. The number of rotatable bonds is 6. The molecule has 88 valence electrons. The van der Waals surface area contributed by atoms with E-state index in [1.54, 1.807) is 12.4 Å². The molecule has 0 aliphatic rings. The number of amidine groups is 1. The molecule has 0 saturated carbocycles. The van der Waals surface area contributed by atoms with Crippen LogP contribution in [-0.4, -0.2) is 28.6 Å². The van der Waals surface area contributed by atoms with Crippen molar-refractivity contribution in [3.05, 3.63) is 30.1 Å². The minimum absolute atomic E-state index is 0.0631. The maximum atomic E-state index is 8.57. The van der Waals surface area contributed by atoms with E-state index in [0.717, 1.165) is 19.4 Å². The van der Waals surface area contributed by atoms with Gasteiger partial charge in [-0.1, -0.05) is 12.1 Å². The summed E-state index contributed by atoms with van der Waals surface area (Å²) >= 11 is 0. The minimum Gasteiger partial charge on any atom is -0.409 e. The van der Waals surface area contributed by atoms with Crippen LogP contribution in [0.2, 0.25) is 0 Å². The van der Waals surface area contributed by atoms with Gasteiger partial charge >= 0.3 is 0 Å². The number of pyridine rings is 1. The van der Waals surface area contributed by atoms with Gasteiger partial charge in [0.15, 0.2) is 5.84 Å². The van der Waals surface area contributed by atoms with Gasteiger partial charge in [-0.25, -0.2) is 0 Å². The van der Waals surface area contributed by atoms with E-state index < -0.39 is 0 Å². The Balaban J connectivity index is 2.34. The summed E-state index contributed by atoms with van der Waals surface area (Å²) in [6.45, 7) is 2.78. The molecule has 1 atom stereocenters. The zero-order valence-electron chi connectivity index (χ0n) is 9.43. The van der Waals surface area contributed by atoms with Gasteiger partial charge in [-0.05, 0) is 37.1 Å². The zero-order valence-corrected chi connectivity index (χ0v) is 9.43. The maximum Gasteiger partial charge on any atom is 0.156 e. The molecule has 0 spiro atoms. The van der Waals surface area contributed by atoms with Gasteiger partial charge in [0.05, 0.1) is 6.04 Å². The van der Waals surface area contributed by atoms with Gasteiger partial charge < -0.3 is 16.3 Å². The third kappa shape index (κ3) is 3.86. The summed E-state index contributed by atoms with van der Waals surface area (Å²) in [7, 11) is 0. The van der Waals surface area contributed by atoms with Crippen molar-refractivity contribution in [3.63, 3.8) is 0 Å². The zero-order chi connectivity index (χ0) is 11.8. The Kier molecular flexibility index (Phi) is 5.28. The number of nitrogens with one attached hydrogen (secondary N) is 1. The second kappa shape index (κ2) is 6.79. The molecule has 1 aromatic heterocycles. The van der Waals surface area contributed by atoms with Crippen molar-refractivity contribution in [2.45, 2.75) is 25.8 Å².